The first-order valence-corrected chi connectivity index (χ1v) is 19.6. The highest BCUT2D eigenvalue weighted by atomic mass is 32.1. The van der Waals surface area contributed by atoms with Crippen LogP contribution in [0.5, 0.6) is 23.0 Å². The third kappa shape index (κ3) is 6.93. The van der Waals surface area contributed by atoms with Crippen molar-refractivity contribution in [2.45, 2.75) is 31.3 Å². The molecule has 0 fully saturated rings. The second-order valence-corrected chi connectivity index (χ2v) is 15.0. The van der Waals surface area contributed by atoms with Gasteiger partial charge in [-0.25, -0.2) is 0 Å². The highest BCUT2D eigenvalue weighted by Gasteiger charge is 2.35. The second kappa shape index (κ2) is 15.1. The van der Waals surface area contributed by atoms with Crippen molar-refractivity contribution in [3.8, 4) is 33.4 Å². The van der Waals surface area contributed by atoms with Crippen LogP contribution in [0.15, 0.2) is 113 Å². The minimum atomic E-state index is -0.203. The summed E-state index contributed by atoms with van der Waals surface area (Å²) >= 11 is 1.71. The number of thiophene rings is 1. The smallest absolute Gasteiger partial charge is 0.260 e. The molecule has 1 aromatic heterocycles. The molecule has 0 spiro atoms. The van der Waals surface area contributed by atoms with Crippen molar-refractivity contribution < 1.29 is 28.5 Å². The Morgan fingerprint density at radius 1 is 0.667 bits per heavy atom. The van der Waals surface area contributed by atoms with Gasteiger partial charge in [-0.1, -0.05) is 42.5 Å². The number of carbonyl (C=O) groups excluding carboxylic acids is 2. The number of benzene rings is 4. The molecule has 0 unspecified atom stereocenters. The van der Waals surface area contributed by atoms with Gasteiger partial charge >= 0.3 is 0 Å². The van der Waals surface area contributed by atoms with E-state index >= 15 is 0 Å². The zero-order valence-electron chi connectivity index (χ0n) is 31.4. The molecular weight excluding hydrogens is 739 g/mol. The van der Waals surface area contributed by atoms with Gasteiger partial charge in [0.1, 0.15) is 0 Å². The van der Waals surface area contributed by atoms with E-state index in [4.69, 9.17) is 34.7 Å². The fourth-order valence-corrected chi connectivity index (χ4v) is 8.29. The van der Waals surface area contributed by atoms with Crippen molar-refractivity contribution in [1.82, 2.24) is 9.80 Å². The summed E-state index contributed by atoms with van der Waals surface area (Å²) in [4.78, 5) is 41.7. The van der Waals surface area contributed by atoms with E-state index in [-0.39, 0.29) is 23.9 Å². The van der Waals surface area contributed by atoms with E-state index in [0.717, 1.165) is 22.3 Å². The molecular formula is C45H39N5O6S. The highest BCUT2D eigenvalue weighted by molar-refractivity contribution is 7.13. The topological polar surface area (TPSA) is 128 Å². The number of nitrogens with two attached hydrogens (primary N) is 1. The van der Waals surface area contributed by atoms with Crippen LogP contribution in [0.2, 0.25) is 0 Å². The summed E-state index contributed by atoms with van der Waals surface area (Å²) in [7, 11) is 3.10. The summed E-state index contributed by atoms with van der Waals surface area (Å²) in [5, 5.41) is 2.07. The average Bonchev–Trinajstić information content (AvgIpc) is 4.00. The molecule has 0 bridgehead atoms. The largest absolute Gasteiger partial charge is 0.493 e. The molecule has 0 saturated carbocycles. The van der Waals surface area contributed by atoms with Crippen molar-refractivity contribution in [1.29, 1.82) is 0 Å². The summed E-state index contributed by atoms with van der Waals surface area (Å²) in [6.45, 7) is 0.614. The van der Waals surface area contributed by atoms with E-state index in [0.29, 0.717) is 83.7 Å². The van der Waals surface area contributed by atoms with Gasteiger partial charge in [0.25, 0.3) is 11.8 Å². The Labute approximate surface area is 334 Å². The number of hydrogen-bond acceptors (Lipinski definition) is 10. The minimum absolute atomic E-state index is 0.142. The molecule has 5 heterocycles. The normalized spacial score (nSPS) is 17.9. The maximum Gasteiger partial charge on any atom is 0.260 e. The van der Waals surface area contributed by atoms with Crippen LogP contribution in [0.4, 0.5) is 17.1 Å². The molecule has 2 atom stereocenters. The van der Waals surface area contributed by atoms with E-state index in [2.05, 4.69) is 41.8 Å². The van der Waals surface area contributed by atoms with Crippen molar-refractivity contribution in [2.75, 3.05) is 33.2 Å². The van der Waals surface area contributed by atoms with Crippen molar-refractivity contribution in [3.63, 3.8) is 0 Å². The van der Waals surface area contributed by atoms with E-state index in [1.165, 1.54) is 10.4 Å². The fraction of sp³-hybridized carbons (Fsp3) is 0.200. The Bertz CT molecular complexity index is 2490. The second-order valence-electron chi connectivity index (χ2n) is 14.1. The van der Waals surface area contributed by atoms with Gasteiger partial charge in [-0.15, -0.1) is 11.3 Å². The van der Waals surface area contributed by atoms with Crippen LogP contribution >= 0.6 is 11.3 Å². The van der Waals surface area contributed by atoms with Crippen LogP contribution in [0.1, 0.15) is 51.1 Å². The monoisotopic (exact) mass is 777 g/mol. The average molecular weight is 778 g/mol. The van der Waals surface area contributed by atoms with Gasteiger partial charge in [0.2, 0.25) is 0 Å². The van der Waals surface area contributed by atoms with Crippen molar-refractivity contribution in [2.24, 2.45) is 9.98 Å². The van der Waals surface area contributed by atoms with Crippen LogP contribution in [0.3, 0.4) is 0 Å². The zero-order chi connectivity index (χ0) is 39.0. The Morgan fingerprint density at radius 3 is 1.63 bits per heavy atom. The third-order valence-electron chi connectivity index (χ3n) is 10.6. The predicted molar refractivity (Wildman–Crippen MR) is 224 cm³/mol. The lowest BCUT2D eigenvalue weighted by Gasteiger charge is -2.19. The number of rotatable bonds is 11. The summed E-state index contributed by atoms with van der Waals surface area (Å²) in [5.41, 5.74) is 13.9. The maximum atomic E-state index is 13.9. The van der Waals surface area contributed by atoms with Gasteiger partial charge in [0.15, 0.2) is 23.0 Å². The number of fused-ring (bicyclic) bond motifs is 4. The van der Waals surface area contributed by atoms with Gasteiger partial charge in [-0.2, -0.15) is 0 Å². The number of amides is 2. The number of ether oxygens (including phenoxy) is 4. The van der Waals surface area contributed by atoms with Crippen molar-refractivity contribution >= 4 is 63.8 Å². The Morgan fingerprint density at radius 2 is 1.16 bits per heavy atom. The fourth-order valence-electron chi connectivity index (χ4n) is 7.55. The predicted octanol–water partition coefficient (Wildman–Crippen LogP) is 8.81. The van der Waals surface area contributed by atoms with Crippen LogP contribution in [0, 0.1) is 0 Å². The molecule has 12 heteroatoms. The summed E-state index contributed by atoms with van der Waals surface area (Å²) in [6, 6.07) is 26.8. The van der Waals surface area contributed by atoms with Gasteiger partial charge < -0.3 is 34.5 Å². The lowest BCUT2D eigenvalue weighted by Crippen LogP contribution is -2.32. The first-order chi connectivity index (χ1) is 27.9. The first-order valence-electron chi connectivity index (χ1n) is 18.7. The number of nitrogens with zero attached hydrogens (tertiary/aromatic N) is 4. The van der Waals surface area contributed by atoms with Crippen LogP contribution in [0.25, 0.3) is 21.6 Å². The summed E-state index contributed by atoms with van der Waals surface area (Å²) in [6.07, 6.45) is 9.32. The number of aliphatic imine (C=N–C) groups is 2. The van der Waals surface area contributed by atoms with Gasteiger partial charge in [-0.3, -0.25) is 19.6 Å². The van der Waals surface area contributed by atoms with Crippen LogP contribution in [-0.4, -0.2) is 73.6 Å². The minimum Gasteiger partial charge on any atom is -0.493 e. The third-order valence-corrected chi connectivity index (χ3v) is 11.5. The van der Waals surface area contributed by atoms with Crippen LogP contribution < -0.4 is 24.7 Å². The molecule has 0 aliphatic carbocycles. The number of hydrogen-bond donors (Lipinski definition) is 1. The molecule has 11 nitrogen and oxygen atoms in total. The number of anilines is 1. The molecule has 2 amide bonds. The summed E-state index contributed by atoms with van der Waals surface area (Å²) < 4.78 is 23.6. The highest BCUT2D eigenvalue weighted by Crippen LogP contribution is 2.42. The molecule has 4 aliphatic heterocycles. The van der Waals surface area contributed by atoms with Crippen LogP contribution in [-0.2, 0) is 0 Å². The molecule has 2 N–H and O–H groups in total. The lowest BCUT2D eigenvalue weighted by atomic mass is 10.0. The van der Waals surface area contributed by atoms with E-state index < -0.39 is 0 Å². The van der Waals surface area contributed by atoms with E-state index in [1.807, 2.05) is 49.1 Å². The zero-order valence-corrected chi connectivity index (χ0v) is 32.2. The quantitative estimate of drug-likeness (QED) is 0.105. The lowest BCUT2D eigenvalue weighted by molar-refractivity contribution is 0.0809. The molecule has 9 rings (SSSR count). The Balaban J connectivity index is 0.837. The number of nitrogen functional groups attached to an aromatic ring is 1. The molecule has 57 heavy (non-hydrogen) atoms. The Hall–Kier alpha value is -6.66. The molecule has 4 aliphatic rings. The molecule has 0 radical (unpaired) electrons. The first kappa shape index (κ1) is 36.0. The number of carbonyl (C=O) groups is 2. The molecule has 5 aromatic rings. The van der Waals surface area contributed by atoms with E-state index in [1.54, 1.807) is 59.6 Å². The van der Waals surface area contributed by atoms with Gasteiger partial charge in [-0.05, 0) is 63.5 Å². The van der Waals surface area contributed by atoms with E-state index in [9.17, 15) is 9.59 Å². The Kier molecular flexibility index (Phi) is 9.55. The summed E-state index contributed by atoms with van der Waals surface area (Å²) in [5.74, 6) is 1.53. The van der Waals surface area contributed by atoms with Crippen molar-refractivity contribution in [3.05, 3.63) is 125 Å². The SMILES string of the molecule is COc1cc2c(cc1OCCCOc1cc3c(cc1OC)C(=O)N1C=C(c4ccc(-c5cccs5)cc4)C[C@H]1C=N3)N=C[C@@H]1CC(c3ccc(N)cc3)=CN1C2=O. The molecule has 4 aromatic carbocycles. The molecule has 286 valence electrons. The van der Waals surface area contributed by atoms with Gasteiger partial charge in [0, 0.05) is 66.8 Å². The number of methoxy groups -OCH3 is 2. The molecule has 0 saturated heterocycles. The standard InChI is InChI=1S/C45H39N5O6S/c1-53-39-19-35-37(47-23-33-17-30(25-49(33)44(35)51)27-6-8-29(9-7-27)43-5-3-16-57-43)21-41(39)55-14-4-15-56-42-22-38-36(20-40(42)54-2)45(52)50-26-31(18-34(50)24-48-38)28-10-12-32(46)13-11-28/h3,5-13,16,19-26,33-34H,4,14-15,17-18,46H2,1-2H3/t33-,34-/m0/s1. The maximum absolute atomic E-state index is 13.9. The van der Waals surface area contributed by atoms with Gasteiger partial charge in [0.05, 0.1) is 62.0 Å².